The predicted octanol–water partition coefficient (Wildman–Crippen LogP) is 2.49. The first kappa shape index (κ1) is 17.5. The molecule has 0 bridgehead atoms. The van der Waals surface area contributed by atoms with Crippen molar-refractivity contribution in [3.8, 4) is 0 Å². The molecule has 1 aliphatic heterocycles. The lowest BCUT2D eigenvalue weighted by atomic mass is 10.1. The number of carbonyl (C=O) groups excluding carboxylic acids is 2. The Balaban J connectivity index is 1.59. The van der Waals surface area contributed by atoms with Crippen molar-refractivity contribution in [2.45, 2.75) is 38.8 Å². The lowest BCUT2D eigenvalue weighted by Gasteiger charge is -2.23. The Morgan fingerprint density at radius 3 is 2.92 bits per heavy atom. The highest BCUT2D eigenvalue weighted by Gasteiger charge is 2.34. The molecule has 0 saturated carbocycles. The van der Waals surface area contributed by atoms with Gasteiger partial charge in [0.1, 0.15) is 11.8 Å². The summed E-state index contributed by atoms with van der Waals surface area (Å²) in [6.45, 7) is 2.73. The van der Waals surface area contributed by atoms with E-state index in [1.165, 1.54) is 0 Å². The van der Waals surface area contributed by atoms with Gasteiger partial charge in [0.15, 0.2) is 0 Å². The fraction of sp³-hybridized carbons (Fsp3) is 0.389. The van der Waals surface area contributed by atoms with Gasteiger partial charge in [0.2, 0.25) is 11.8 Å². The summed E-state index contributed by atoms with van der Waals surface area (Å²) in [5.74, 6) is 0.246. The Labute approximate surface area is 151 Å². The van der Waals surface area contributed by atoms with Gasteiger partial charge in [0.25, 0.3) is 0 Å². The quantitative estimate of drug-likeness (QED) is 0.887. The molecule has 0 aliphatic carbocycles. The second kappa shape index (κ2) is 7.70. The van der Waals surface area contributed by atoms with Gasteiger partial charge >= 0.3 is 0 Å². The molecule has 132 valence electrons. The van der Waals surface area contributed by atoms with Gasteiger partial charge in [-0.1, -0.05) is 35.0 Å². The molecule has 1 fully saturated rings. The highest BCUT2D eigenvalue weighted by molar-refractivity contribution is 6.31. The largest absolute Gasteiger partial charge is 0.361 e. The average molecular weight is 362 g/mol. The standard InChI is InChI=1S/C18H20ClN3O3/c1-12-9-14(25-21-12)10-17(23)22-8-4-7-16(22)18(24)20-11-13-5-2-3-6-15(13)19/h2-3,5-6,9,16H,4,7-8,10-11H2,1H3,(H,20,24)/t16-/m0/s1. The van der Waals surface area contributed by atoms with Crippen molar-refractivity contribution in [2.75, 3.05) is 6.54 Å². The van der Waals surface area contributed by atoms with Gasteiger partial charge in [-0.3, -0.25) is 9.59 Å². The van der Waals surface area contributed by atoms with Crippen LogP contribution in [0.15, 0.2) is 34.9 Å². The van der Waals surface area contributed by atoms with Crippen LogP contribution in [0.3, 0.4) is 0 Å². The Morgan fingerprint density at radius 1 is 1.40 bits per heavy atom. The van der Waals surface area contributed by atoms with Gasteiger partial charge in [-0.25, -0.2) is 0 Å². The van der Waals surface area contributed by atoms with Crippen LogP contribution in [-0.4, -0.2) is 34.5 Å². The van der Waals surface area contributed by atoms with Gasteiger partial charge in [0.05, 0.1) is 12.1 Å². The summed E-state index contributed by atoms with van der Waals surface area (Å²) in [5, 5.41) is 7.28. The Kier molecular flexibility index (Phi) is 5.38. The molecule has 1 saturated heterocycles. The lowest BCUT2D eigenvalue weighted by molar-refractivity contribution is -0.138. The molecule has 1 aromatic heterocycles. The van der Waals surface area contributed by atoms with E-state index in [0.29, 0.717) is 30.3 Å². The minimum atomic E-state index is -0.445. The minimum absolute atomic E-state index is 0.119. The number of aromatic nitrogens is 1. The summed E-state index contributed by atoms with van der Waals surface area (Å²) >= 11 is 6.11. The molecule has 3 rings (SSSR count). The number of carbonyl (C=O) groups is 2. The van der Waals surface area contributed by atoms with Gasteiger partial charge in [-0.2, -0.15) is 0 Å². The number of rotatable bonds is 5. The maximum atomic E-state index is 12.5. The number of amides is 2. The topological polar surface area (TPSA) is 75.4 Å². The molecular formula is C18H20ClN3O3. The minimum Gasteiger partial charge on any atom is -0.361 e. The number of aryl methyl sites for hydroxylation is 1. The van der Waals surface area contributed by atoms with Crippen LogP contribution in [0.4, 0.5) is 0 Å². The fourth-order valence-electron chi connectivity index (χ4n) is 3.03. The van der Waals surface area contributed by atoms with E-state index < -0.39 is 6.04 Å². The van der Waals surface area contributed by atoms with E-state index in [4.69, 9.17) is 16.1 Å². The molecular weight excluding hydrogens is 342 g/mol. The third-order valence-electron chi connectivity index (χ3n) is 4.29. The molecule has 0 unspecified atom stereocenters. The SMILES string of the molecule is Cc1cc(CC(=O)N2CCC[C@H]2C(=O)NCc2ccccc2Cl)on1. The van der Waals surface area contributed by atoms with Gasteiger partial charge < -0.3 is 14.7 Å². The van der Waals surface area contributed by atoms with Crippen molar-refractivity contribution in [2.24, 2.45) is 0 Å². The summed E-state index contributed by atoms with van der Waals surface area (Å²) in [6.07, 6.45) is 1.59. The van der Waals surface area contributed by atoms with E-state index in [0.717, 1.165) is 17.7 Å². The van der Waals surface area contributed by atoms with E-state index in [-0.39, 0.29) is 18.2 Å². The number of likely N-dealkylation sites (tertiary alicyclic amines) is 1. The van der Waals surface area contributed by atoms with Gasteiger partial charge in [0, 0.05) is 24.2 Å². The van der Waals surface area contributed by atoms with Crippen molar-refractivity contribution in [3.05, 3.63) is 52.4 Å². The molecule has 2 aromatic rings. The third-order valence-corrected chi connectivity index (χ3v) is 4.66. The van der Waals surface area contributed by atoms with Crippen molar-refractivity contribution >= 4 is 23.4 Å². The third kappa shape index (κ3) is 4.20. The van der Waals surface area contributed by atoms with E-state index in [1.54, 1.807) is 24.0 Å². The van der Waals surface area contributed by atoms with Crippen molar-refractivity contribution < 1.29 is 14.1 Å². The summed E-state index contributed by atoms with van der Waals surface area (Å²) in [6, 6.07) is 8.66. The summed E-state index contributed by atoms with van der Waals surface area (Å²) < 4.78 is 5.10. The van der Waals surface area contributed by atoms with Crippen LogP contribution in [-0.2, 0) is 22.6 Å². The molecule has 2 heterocycles. The maximum Gasteiger partial charge on any atom is 0.243 e. The smallest absolute Gasteiger partial charge is 0.243 e. The lowest BCUT2D eigenvalue weighted by Crippen LogP contribution is -2.46. The first-order chi connectivity index (χ1) is 12.0. The molecule has 6 nitrogen and oxygen atoms in total. The van der Waals surface area contributed by atoms with E-state index in [1.807, 2.05) is 18.2 Å². The normalized spacial score (nSPS) is 16.9. The average Bonchev–Trinajstić information content (AvgIpc) is 3.23. The molecule has 1 aliphatic rings. The monoisotopic (exact) mass is 361 g/mol. The zero-order valence-corrected chi connectivity index (χ0v) is 14.8. The number of hydrogen-bond acceptors (Lipinski definition) is 4. The summed E-state index contributed by atoms with van der Waals surface area (Å²) in [7, 11) is 0. The number of nitrogens with one attached hydrogen (secondary N) is 1. The van der Waals surface area contributed by atoms with E-state index in [2.05, 4.69) is 10.5 Å². The zero-order valence-electron chi connectivity index (χ0n) is 14.0. The predicted molar refractivity (Wildman–Crippen MR) is 93.0 cm³/mol. The van der Waals surface area contributed by atoms with E-state index in [9.17, 15) is 9.59 Å². The first-order valence-corrected chi connectivity index (χ1v) is 8.65. The highest BCUT2D eigenvalue weighted by atomic mass is 35.5. The molecule has 25 heavy (non-hydrogen) atoms. The van der Waals surface area contributed by atoms with Crippen molar-refractivity contribution in [3.63, 3.8) is 0 Å². The van der Waals surface area contributed by atoms with Crippen LogP contribution >= 0.6 is 11.6 Å². The molecule has 2 amide bonds. The van der Waals surface area contributed by atoms with Gasteiger partial charge in [-0.05, 0) is 31.4 Å². The molecule has 1 N–H and O–H groups in total. The van der Waals surface area contributed by atoms with Crippen LogP contribution in [0.25, 0.3) is 0 Å². The number of benzene rings is 1. The number of hydrogen-bond donors (Lipinski definition) is 1. The molecule has 1 aromatic carbocycles. The van der Waals surface area contributed by atoms with Crippen LogP contribution in [0, 0.1) is 6.92 Å². The van der Waals surface area contributed by atoms with Gasteiger partial charge in [-0.15, -0.1) is 0 Å². The summed E-state index contributed by atoms with van der Waals surface area (Å²) in [5.41, 5.74) is 1.59. The first-order valence-electron chi connectivity index (χ1n) is 8.27. The van der Waals surface area contributed by atoms with Crippen LogP contribution in [0.2, 0.25) is 5.02 Å². The zero-order chi connectivity index (χ0) is 17.8. The molecule has 0 spiro atoms. The van der Waals surface area contributed by atoms with Crippen molar-refractivity contribution in [1.29, 1.82) is 0 Å². The van der Waals surface area contributed by atoms with E-state index >= 15 is 0 Å². The Hall–Kier alpha value is -2.34. The van der Waals surface area contributed by atoms with Crippen LogP contribution in [0.5, 0.6) is 0 Å². The van der Waals surface area contributed by atoms with Crippen LogP contribution < -0.4 is 5.32 Å². The van der Waals surface area contributed by atoms with Crippen molar-refractivity contribution in [1.82, 2.24) is 15.4 Å². The number of nitrogens with zero attached hydrogens (tertiary/aromatic N) is 2. The second-order valence-electron chi connectivity index (χ2n) is 6.17. The molecule has 1 atom stereocenters. The fourth-order valence-corrected chi connectivity index (χ4v) is 3.23. The van der Waals surface area contributed by atoms with Crippen LogP contribution in [0.1, 0.15) is 29.9 Å². The Morgan fingerprint density at radius 2 is 2.20 bits per heavy atom. The molecule has 0 radical (unpaired) electrons. The second-order valence-corrected chi connectivity index (χ2v) is 6.57. The Bertz CT molecular complexity index is 774. The highest BCUT2D eigenvalue weighted by Crippen LogP contribution is 2.20. The maximum absolute atomic E-state index is 12.5. The number of halogens is 1. The summed E-state index contributed by atoms with van der Waals surface area (Å²) in [4.78, 5) is 26.6. The molecule has 7 heteroatoms.